The number of aryl methyl sites for hydroxylation is 2. The number of benzene rings is 1. The minimum Gasteiger partial charge on any atom is -0.325 e. The molecule has 1 aliphatic rings. The van der Waals surface area contributed by atoms with E-state index in [1.807, 2.05) is 37.3 Å². The van der Waals surface area contributed by atoms with Crippen molar-refractivity contribution >= 4 is 44.9 Å². The Hall–Kier alpha value is -1.92. The predicted octanol–water partition coefficient (Wildman–Crippen LogP) is 4.30. The molecule has 0 aliphatic heterocycles. The molecule has 1 N–H and O–H groups in total. The van der Waals surface area contributed by atoms with Crippen molar-refractivity contribution in [1.82, 2.24) is 9.97 Å². The van der Waals surface area contributed by atoms with Crippen LogP contribution in [0.25, 0.3) is 10.2 Å². The van der Waals surface area contributed by atoms with Gasteiger partial charge in [0.1, 0.15) is 16.2 Å². The number of carbonyl (C=O) groups is 1. The Morgan fingerprint density at radius 3 is 2.92 bits per heavy atom. The molecule has 0 spiro atoms. The number of thiophene rings is 1. The summed E-state index contributed by atoms with van der Waals surface area (Å²) >= 11 is 3.29. The number of anilines is 1. The fourth-order valence-corrected chi connectivity index (χ4v) is 5.22. The molecule has 0 saturated heterocycles. The quantitative estimate of drug-likeness (QED) is 0.560. The molecule has 1 amide bonds. The average Bonchev–Trinajstić information content (AvgIpc) is 3.16. The zero-order chi connectivity index (χ0) is 16.5. The molecule has 0 saturated carbocycles. The second-order valence-electron chi connectivity index (χ2n) is 5.83. The van der Waals surface area contributed by atoms with E-state index >= 15 is 0 Å². The summed E-state index contributed by atoms with van der Waals surface area (Å²) in [6.45, 7) is 1.92. The van der Waals surface area contributed by atoms with Crippen molar-refractivity contribution in [1.29, 1.82) is 0 Å². The van der Waals surface area contributed by atoms with Crippen LogP contribution in [-0.2, 0) is 17.6 Å². The first-order chi connectivity index (χ1) is 11.7. The number of nitrogens with zero attached hydrogens (tertiary/aromatic N) is 2. The highest BCUT2D eigenvalue weighted by molar-refractivity contribution is 8.00. The summed E-state index contributed by atoms with van der Waals surface area (Å²) in [6, 6.07) is 9.54. The van der Waals surface area contributed by atoms with Crippen LogP contribution in [0.1, 0.15) is 23.8 Å². The van der Waals surface area contributed by atoms with Crippen molar-refractivity contribution in [2.24, 2.45) is 0 Å². The second-order valence-corrected chi connectivity index (χ2v) is 8.24. The van der Waals surface area contributed by atoms with Crippen LogP contribution in [0, 0.1) is 0 Å². The standard InChI is InChI=1S/C18H17N3OS2/c1-11(16(22)21-12-6-3-2-4-7-12)23-17-15-13-8-5-9-14(13)24-18(15)20-10-19-17/h2-4,6-7,10-11H,5,8-9H2,1H3,(H,21,22). The van der Waals surface area contributed by atoms with E-state index in [9.17, 15) is 4.79 Å². The van der Waals surface area contributed by atoms with E-state index in [0.717, 1.165) is 28.4 Å². The molecule has 24 heavy (non-hydrogen) atoms. The number of para-hydroxylation sites is 1. The van der Waals surface area contributed by atoms with Crippen LogP contribution in [0.2, 0.25) is 0 Å². The van der Waals surface area contributed by atoms with Gasteiger partial charge in [-0.1, -0.05) is 30.0 Å². The summed E-state index contributed by atoms with van der Waals surface area (Å²) in [7, 11) is 0. The molecular weight excluding hydrogens is 338 g/mol. The number of nitrogens with one attached hydrogen (secondary N) is 1. The molecule has 1 aromatic carbocycles. The van der Waals surface area contributed by atoms with Gasteiger partial charge in [0.15, 0.2) is 0 Å². The molecular formula is C18H17N3OS2. The summed E-state index contributed by atoms with van der Waals surface area (Å²) in [5, 5.41) is 4.83. The third kappa shape index (κ3) is 2.91. The number of hydrogen-bond acceptors (Lipinski definition) is 5. The number of hydrogen-bond donors (Lipinski definition) is 1. The molecule has 1 unspecified atom stereocenters. The highest BCUT2D eigenvalue weighted by Crippen LogP contribution is 2.40. The second kappa shape index (κ2) is 6.53. The first kappa shape index (κ1) is 15.6. The van der Waals surface area contributed by atoms with Gasteiger partial charge in [0.05, 0.1) is 5.25 Å². The molecule has 4 nitrogen and oxygen atoms in total. The minimum atomic E-state index is -0.222. The van der Waals surface area contributed by atoms with E-state index in [1.165, 1.54) is 34.0 Å². The maximum atomic E-state index is 12.5. The molecule has 0 radical (unpaired) electrons. The Labute approximate surface area is 148 Å². The lowest BCUT2D eigenvalue weighted by Crippen LogP contribution is -2.22. The monoisotopic (exact) mass is 355 g/mol. The topological polar surface area (TPSA) is 54.9 Å². The van der Waals surface area contributed by atoms with Crippen LogP contribution >= 0.6 is 23.1 Å². The van der Waals surface area contributed by atoms with Crippen LogP contribution in [0.3, 0.4) is 0 Å². The largest absolute Gasteiger partial charge is 0.325 e. The van der Waals surface area contributed by atoms with E-state index in [4.69, 9.17) is 0 Å². The lowest BCUT2D eigenvalue weighted by atomic mass is 10.2. The van der Waals surface area contributed by atoms with Crippen molar-refractivity contribution in [3.8, 4) is 0 Å². The van der Waals surface area contributed by atoms with Crippen LogP contribution < -0.4 is 5.32 Å². The number of aromatic nitrogens is 2. The lowest BCUT2D eigenvalue weighted by Gasteiger charge is -2.12. The van der Waals surface area contributed by atoms with Crippen molar-refractivity contribution in [2.45, 2.75) is 36.5 Å². The fraction of sp³-hybridized carbons (Fsp3) is 0.278. The van der Waals surface area contributed by atoms with Gasteiger partial charge in [-0.3, -0.25) is 4.79 Å². The Morgan fingerprint density at radius 1 is 1.25 bits per heavy atom. The number of thioether (sulfide) groups is 1. The Morgan fingerprint density at radius 2 is 2.08 bits per heavy atom. The lowest BCUT2D eigenvalue weighted by molar-refractivity contribution is -0.115. The van der Waals surface area contributed by atoms with Gasteiger partial charge in [-0.25, -0.2) is 9.97 Å². The Kier molecular flexibility index (Phi) is 4.24. The molecule has 2 aromatic heterocycles. The average molecular weight is 355 g/mol. The van der Waals surface area contributed by atoms with Crippen molar-refractivity contribution < 1.29 is 4.79 Å². The minimum absolute atomic E-state index is 0.00941. The van der Waals surface area contributed by atoms with Gasteiger partial charge in [-0.15, -0.1) is 11.3 Å². The molecule has 1 aliphatic carbocycles. The van der Waals surface area contributed by atoms with E-state index in [2.05, 4.69) is 15.3 Å². The van der Waals surface area contributed by atoms with Gasteiger partial charge in [0.2, 0.25) is 5.91 Å². The summed E-state index contributed by atoms with van der Waals surface area (Å²) in [6.07, 6.45) is 5.06. The first-order valence-electron chi connectivity index (χ1n) is 8.00. The summed E-state index contributed by atoms with van der Waals surface area (Å²) in [5.74, 6) is -0.00941. The van der Waals surface area contributed by atoms with Gasteiger partial charge in [-0.2, -0.15) is 0 Å². The number of fused-ring (bicyclic) bond motifs is 3. The highest BCUT2D eigenvalue weighted by Gasteiger charge is 2.23. The zero-order valence-electron chi connectivity index (χ0n) is 13.3. The molecule has 122 valence electrons. The third-order valence-electron chi connectivity index (χ3n) is 4.17. The van der Waals surface area contributed by atoms with E-state index < -0.39 is 0 Å². The van der Waals surface area contributed by atoms with Gasteiger partial charge in [-0.05, 0) is 43.9 Å². The fourth-order valence-electron chi connectivity index (χ4n) is 2.98. The summed E-state index contributed by atoms with van der Waals surface area (Å²) < 4.78 is 0. The van der Waals surface area contributed by atoms with Crippen molar-refractivity contribution in [3.63, 3.8) is 0 Å². The van der Waals surface area contributed by atoms with Crippen molar-refractivity contribution in [2.75, 3.05) is 5.32 Å². The molecule has 3 aromatic rings. The number of carbonyl (C=O) groups excluding carboxylic acids is 1. The first-order valence-corrected chi connectivity index (χ1v) is 9.70. The maximum absolute atomic E-state index is 12.5. The molecule has 6 heteroatoms. The Balaban J connectivity index is 1.57. The molecule has 4 rings (SSSR count). The van der Waals surface area contributed by atoms with Crippen molar-refractivity contribution in [3.05, 3.63) is 47.1 Å². The Bertz CT molecular complexity index is 892. The van der Waals surface area contributed by atoms with Crippen LogP contribution in [0.5, 0.6) is 0 Å². The molecule has 1 atom stereocenters. The number of rotatable bonds is 4. The third-order valence-corrected chi connectivity index (χ3v) is 6.47. The zero-order valence-corrected chi connectivity index (χ0v) is 14.9. The van der Waals surface area contributed by atoms with Gasteiger partial charge in [0.25, 0.3) is 0 Å². The maximum Gasteiger partial charge on any atom is 0.237 e. The normalized spacial score (nSPS) is 14.5. The highest BCUT2D eigenvalue weighted by atomic mass is 32.2. The molecule has 2 heterocycles. The SMILES string of the molecule is CC(Sc1ncnc2sc3c(c12)CCC3)C(=O)Nc1ccccc1. The number of amides is 1. The summed E-state index contributed by atoms with van der Waals surface area (Å²) in [5.41, 5.74) is 2.22. The predicted molar refractivity (Wildman–Crippen MR) is 99.8 cm³/mol. The van der Waals surface area contributed by atoms with Crippen LogP contribution in [0.15, 0.2) is 41.7 Å². The summed E-state index contributed by atoms with van der Waals surface area (Å²) in [4.78, 5) is 23.8. The van der Waals surface area contributed by atoms with E-state index in [1.54, 1.807) is 17.7 Å². The molecule has 0 fully saturated rings. The van der Waals surface area contributed by atoms with Crippen LogP contribution in [0.4, 0.5) is 5.69 Å². The smallest absolute Gasteiger partial charge is 0.237 e. The van der Waals surface area contributed by atoms with E-state index in [-0.39, 0.29) is 11.2 Å². The van der Waals surface area contributed by atoms with E-state index in [0.29, 0.717) is 0 Å². The van der Waals surface area contributed by atoms with Gasteiger partial charge in [0, 0.05) is 16.0 Å². The van der Waals surface area contributed by atoms with Gasteiger partial charge >= 0.3 is 0 Å². The van der Waals surface area contributed by atoms with Crippen LogP contribution in [-0.4, -0.2) is 21.1 Å². The molecule has 0 bridgehead atoms. The van der Waals surface area contributed by atoms with Gasteiger partial charge < -0.3 is 5.32 Å².